The quantitative estimate of drug-likeness (QED) is 0.588. The maximum absolute atomic E-state index is 13.3. The monoisotopic (exact) mass is 414 g/mol. The van der Waals surface area contributed by atoms with Crippen molar-refractivity contribution >= 4 is 23.2 Å². The van der Waals surface area contributed by atoms with Crippen LogP contribution in [0.15, 0.2) is 47.8 Å². The Morgan fingerprint density at radius 2 is 1.90 bits per heavy atom. The first-order chi connectivity index (χ1) is 14.2. The third-order valence-corrected chi connectivity index (χ3v) is 5.95. The Morgan fingerprint density at radius 3 is 2.55 bits per heavy atom. The number of hydrogen-bond acceptors (Lipinski definition) is 4. The lowest BCUT2D eigenvalue weighted by Crippen LogP contribution is -2.45. The van der Waals surface area contributed by atoms with Crippen LogP contribution < -0.4 is 0 Å². The van der Waals surface area contributed by atoms with Crippen molar-refractivity contribution < 1.29 is 14.3 Å². The van der Waals surface area contributed by atoms with Gasteiger partial charge in [-0.3, -0.25) is 9.59 Å². The summed E-state index contributed by atoms with van der Waals surface area (Å²) in [6.07, 6.45) is 3.25. The molecule has 1 aromatic heterocycles. The molecule has 5 nitrogen and oxygen atoms in total. The summed E-state index contributed by atoms with van der Waals surface area (Å²) in [7, 11) is 0. The van der Waals surface area contributed by atoms with Crippen molar-refractivity contribution in [3.63, 3.8) is 0 Å². The Labute approximate surface area is 177 Å². The van der Waals surface area contributed by atoms with Crippen molar-refractivity contribution in [2.75, 3.05) is 19.7 Å². The minimum Gasteiger partial charge on any atom is -0.376 e. The van der Waals surface area contributed by atoms with Gasteiger partial charge in [-0.15, -0.1) is 11.3 Å². The van der Waals surface area contributed by atoms with Gasteiger partial charge in [-0.05, 0) is 36.3 Å². The van der Waals surface area contributed by atoms with Crippen molar-refractivity contribution in [3.05, 3.63) is 58.3 Å². The van der Waals surface area contributed by atoms with Crippen LogP contribution in [0.3, 0.4) is 0 Å². The van der Waals surface area contributed by atoms with E-state index in [0.29, 0.717) is 26.1 Å². The number of carbonyl (C=O) groups excluding carboxylic acids is 2. The molecular weight excluding hydrogens is 384 g/mol. The van der Waals surface area contributed by atoms with E-state index < -0.39 is 0 Å². The fourth-order valence-corrected chi connectivity index (χ4v) is 4.27. The molecular formula is C23H30N2O3S. The minimum absolute atomic E-state index is 0.0234. The number of benzene rings is 1. The summed E-state index contributed by atoms with van der Waals surface area (Å²) in [4.78, 5) is 30.6. The highest BCUT2D eigenvalue weighted by Gasteiger charge is 2.26. The molecule has 1 aliphatic rings. The predicted octanol–water partition coefficient (Wildman–Crippen LogP) is 4.08. The van der Waals surface area contributed by atoms with E-state index in [4.69, 9.17) is 4.74 Å². The first kappa shape index (κ1) is 21.5. The third-order valence-electron chi connectivity index (χ3n) is 5.09. The van der Waals surface area contributed by atoms with Crippen molar-refractivity contribution in [1.82, 2.24) is 9.80 Å². The van der Waals surface area contributed by atoms with Gasteiger partial charge in [0.05, 0.1) is 19.2 Å². The summed E-state index contributed by atoms with van der Waals surface area (Å²) in [6.45, 7) is 4.43. The van der Waals surface area contributed by atoms with Crippen LogP contribution in [0, 0.1) is 0 Å². The lowest BCUT2D eigenvalue weighted by Gasteiger charge is -2.29. The Hall–Kier alpha value is -2.18. The summed E-state index contributed by atoms with van der Waals surface area (Å²) in [5, 5.41) is 2.02. The van der Waals surface area contributed by atoms with Crippen LogP contribution in [-0.4, -0.2) is 47.4 Å². The van der Waals surface area contributed by atoms with Gasteiger partial charge in [0.2, 0.25) is 11.8 Å². The van der Waals surface area contributed by atoms with E-state index >= 15 is 0 Å². The van der Waals surface area contributed by atoms with Crippen LogP contribution in [-0.2, 0) is 27.4 Å². The van der Waals surface area contributed by atoms with Crippen LogP contribution in [0.5, 0.6) is 0 Å². The summed E-state index contributed by atoms with van der Waals surface area (Å²) in [6, 6.07) is 14.0. The largest absolute Gasteiger partial charge is 0.376 e. The molecule has 1 unspecified atom stereocenters. The van der Waals surface area contributed by atoms with E-state index in [2.05, 4.69) is 0 Å². The second kappa shape index (κ2) is 11.1. The zero-order chi connectivity index (χ0) is 20.5. The third kappa shape index (κ3) is 6.68. The summed E-state index contributed by atoms with van der Waals surface area (Å²) >= 11 is 1.64. The van der Waals surface area contributed by atoms with Gasteiger partial charge in [0, 0.05) is 31.0 Å². The minimum atomic E-state index is -0.0234. The van der Waals surface area contributed by atoms with Crippen molar-refractivity contribution in [3.8, 4) is 0 Å². The van der Waals surface area contributed by atoms with Gasteiger partial charge in [0.15, 0.2) is 0 Å². The topological polar surface area (TPSA) is 49.9 Å². The fourth-order valence-electron chi connectivity index (χ4n) is 3.55. The molecule has 0 N–H and O–H groups in total. The number of carbonyl (C=O) groups is 2. The van der Waals surface area contributed by atoms with Gasteiger partial charge in [0.1, 0.15) is 0 Å². The number of rotatable bonds is 10. The first-order valence-electron chi connectivity index (χ1n) is 10.4. The predicted molar refractivity (Wildman–Crippen MR) is 115 cm³/mol. The van der Waals surface area contributed by atoms with Crippen LogP contribution >= 0.6 is 11.3 Å². The standard InChI is InChI=1S/C23H30N2O3S/c1-2-8-22(26)25(16-20-11-6-13-28-20)18-23(27)24(17-21-12-7-14-29-21)15-19-9-4-3-5-10-19/h3-5,7,9-10,12,14,20H,2,6,8,11,13,15-18H2,1H3. The van der Waals surface area contributed by atoms with Crippen molar-refractivity contribution in [1.29, 1.82) is 0 Å². The summed E-state index contributed by atoms with van der Waals surface area (Å²) in [5.41, 5.74) is 1.09. The molecule has 156 valence electrons. The fraction of sp³-hybridized carbons (Fsp3) is 0.478. The van der Waals surface area contributed by atoms with Crippen LogP contribution in [0.1, 0.15) is 43.0 Å². The van der Waals surface area contributed by atoms with Gasteiger partial charge in [-0.25, -0.2) is 0 Å². The Bertz CT molecular complexity index is 758. The molecule has 1 aliphatic heterocycles. The molecule has 0 saturated carbocycles. The SMILES string of the molecule is CCCC(=O)N(CC(=O)N(Cc1ccccc1)Cc1cccs1)CC1CCCO1. The average Bonchev–Trinajstić information content (AvgIpc) is 3.42. The van der Waals surface area contributed by atoms with Crippen molar-refractivity contribution in [2.45, 2.75) is 51.8 Å². The molecule has 0 radical (unpaired) electrons. The number of ether oxygens (including phenoxy) is 1. The maximum atomic E-state index is 13.3. The molecule has 1 atom stereocenters. The molecule has 0 spiro atoms. The van der Waals surface area contributed by atoms with Gasteiger partial charge in [0.25, 0.3) is 0 Å². The van der Waals surface area contributed by atoms with E-state index in [-0.39, 0.29) is 24.5 Å². The Kier molecular flexibility index (Phi) is 8.25. The van der Waals surface area contributed by atoms with Gasteiger partial charge in [-0.1, -0.05) is 43.3 Å². The molecule has 6 heteroatoms. The van der Waals surface area contributed by atoms with E-state index in [1.54, 1.807) is 16.2 Å². The highest BCUT2D eigenvalue weighted by atomic mass is 32.1. The van der Waals surface area contributed by atoms with E-state index in [1.165, 1.54) is 0 Å². The number of hydrogen-bond donors (Lipinski definition) is 0. The molecule has 2 amide bonds. The van der Waals surface area contributed by atoms with Gasteiger partial charge in [-0.2, -0.15) is 0 Å². The molecule has 1 aromatic carbocycles. The molecule has 0 bridgehead atoms. The zero-order valence-corrected chi connectivity index (χ0v) is 17.9. The smallest absolute Gasteiger partial charge is 0.242 e. The number of amides is 2. The van der Waals surface area contributed by atoms with Crippen LogP contribution in [0.25, 0.3) is 0 Å². The number of nitrogens with zero attached hydrogens (tertiary/aromatic N) is 2. The molecule has 0 aliphatic carbocycles. The average molecular weight is 415 g/mol. The Morgan fingerprint density at radius 1 is 1.07 bits per heavy atom. The highest BCUT2D eigenvalue weighted by Crippen LogP contribution is 2.17. The van der Waals surface area contributed by atoms with Crippen LogP contribution in [0.2, 0.25) is 0 Å². The number of thiophene rings is 1. The highest BCUT2D eigenvalue weighted by molar-refractivity contribution is 7.09. The van der Waals surface area contributed by atoms with Gasteiger partial charge < -0.3 is 14.5 Å². The summed E-state index contributed by atoms with van der Waals surface area (Å²) < 4.78 is 5.72. The zero-order valence-electron chi connectivity index (χ0n) is 17.1. The molecule has 1 fully saturated rings. The lowest BCUT2D eigenvalue weighted by atomic mass is 10.2. The first-order valence-corrected chi connectivity index (χ1v) is 11.3. The molecule has 2 aromatic rings. The molecule has 1 saturated heterocycles. The normalized spacial score (nSPS) is 16.0. The van der Waals surface area contributed by atoms with Crippen LogP contribution in [0.4, 0.5) is 0 Å². The van der Waals surface area contributed by atoms with Gasteiger partial charge >= 0.3 is 0 Å². The molecule has 29 heavy (non-hydrogen) atoms. The van der Waals surface area contributed by atoms with Crippen molar-refractivity contribution in [2.24, 2.45) is 0 Å². The molecule has 3 rings (SSSR count). The maximum Gasteiger partial charge on any atom is 0.242 e. The second-order valence-electron chi connectivity index (χ2n) is 7.47. The molecule has 2 heterocycles. The Balaban J connectivity index is 1.71. The second-order valence-corrected chi connectivity index (χ2v) is 8.51. The van der Waals surface area contributed by atoms with E-state index in [0.717, 1.165) is 36.3 Å². The van der Waals surface area contributed by atoms with E-state index in [9.17, 15) is 9.59 Å². The lowest BCUT2D eigenvalue weighted by molar-refractivity contribution is -0.142. The van der Waals surface area contributed by atoms with E-state index in [1.807, 2.05) is 59.7 Å². The summed E-state index contributed by atoms with van der Waals surface area (Å²) in [5.74, 6) is 0.0110.